The molecular weight excluding hydrogens is 347 g/mol. The molecule has 0 fully saturated rings. The maximum Gasteiger partial charge on any atom is 0.255 e. The van der Waals surface area contributed by atoms with Gasteiger partial charge in [-0.1, -0.05) is 58.8 Å². The van der Waals surface area contributed by atoms with Gasteiger partial charge < -0.3 is 4.74 Å². The van der Waals surface area contributed by atoms with Gasteiger partial charge in [-0.05, 0) is 35.7 Å². The molecule has 0 aromatic carbocycles. The highest BCUT2D eigenvalue weighted by atomic mass is 79.9. The van der Waals surface area contributed by atoms with E-state index >= 15 is 0 Å². The van der Waals surface area contributed by atoms with Gasteiger partial charge in [0.15, 0.2) is 4.60 Å². The Bertz CT molecular complexity index is 450. The van der Waals surface area contributed by atoms with Gasteiger partial charge in [0.05, 0.1) is 12.6 Å². The Labute approximate surface area is 142 Å². The first-order valence-electron chi connectivity index (χ1n) is 8.48. The Morgan fingerprint density at radius 1 is 1.09 bits per heavy atom. The van der Waals surface area contributed by atoms with E-state index in [9.17, 15) is 4.39 Å². The maximum absolute atomic E-state index is 14.6. The number of hydrogen-bond donors (Lipinski definition) is 0. The Morgan fingerprint density at radius 2 is 1.68 bits per heavy atom. The minimum atomic E-state index is -0.374. The van der Waals surface area contributed by atoms with Crippen LogP contribution in [0.3, 0.4) is 0 Å². The molecule has 1 aromatic heterocycles. The second-order valence-electron chi connectivity index (χ2n) is 6.29. The number of halogens is 2. The van der Waals surface area contributed by atoms with E-state index in [-0.39, 0.29) is 17.2 Å². The van der Waals surface area contributed by atoms with Crippen molar-refractivity contribution in [3.8, 4) is 5.75 Å². The smallest absolute Gasteiger partial charge is 0.255 e. The second-order valence-corrected chi connectivity index (χ2v) is 7.04. The minimum Gasteiger partial charge on any atom is -0.490 e. The number of rotatable bonds is 11. The molecule has 0 spiro atoms. The minimum absolute atomic E-state index is 0.203. The number of ether oxygens (including phenoxy) is 1. The van der Waals surface area contributed by atoms with Crippen molar-refractivity contribution in [1.29, 1.82) is 0 Å². The van der Waals surface area contributed by atoms with Crippen molar-refractivity contribution in [2.24, 2.45) is 0 Å². The quantitative estimate of drug-likeness (QED) is 0.438. The lowest BCUT2D eigenvalue weighted by atomic mass is 9.88. The molecule has 0 amide bonds. The van der Waals surface area contributed by atoms with Crippen LogP contribution in [-0.2, 0) is 5.54 Å². The number of hydrogen-bond acceptors (Lipinski definition) is 2. The monoisotopic (exact) mass is 376 g/mol. The first-order chi connectivity index (χ1) is 10.5. The van der Waals surface area contributed by atoms with E-state index in [1.165, 1.54) is 37.5 Å². The van der Waals surface area contributed by atoms with Crippen LogP contribution >= 0.6 is 15.9 Å². The van der Waals surface area contributed by atoms with Crippen LogP contribution in [0.5, 0.6) is 5.75 Å². The van der Waals surface area contributed by atoms with E-state index < -0.39 is 0 Å². The summed E-state index contributed by atoms with van der Waals surface area (Å²) in [5.74, 6) is -0.171. The summed E-state index contributed by atoms with van der Waals surface area (Å²) in [6, 6.07) is 0. The third-order valence-corrected chi connectivity index (χ3v) is 4.87. The molecule has 5 heteroatoms. The highest BCUT2D eigenvalue weighted by Crippen LogP contribution is 2.36. The second kappa shape index (κ2) is 9.53. The fourth-order valence-electron chi connectivity index (χ4n) is 2.89. The summed E-state index contributed by atoms with van der Waals surface area (Å²) in [5.41, 5.74) is -0.286. The van der Waals surface area contributed by atoms with Crippen LogP contribution in [0.4, 0.5) is 4.39 Å². The molecule has 1 heterocycles. The van der Waals surface area contributed by atoms with Crippen LogP contribution in [0.15, 0.2) is 4.60 Å². The third-order valence-electron chi connectivity index (χ3n) is 4.35. The molecule has 1 rings (SSSR count). The SMILES string of the molecule is CCCCCCCC(C)(CCCC)n1nc(Br)c(OC)c1F. The van der Waals surface area contributed by atoms with Gasteiger partial charge in [-0.3, -0.25) is 0 Å². The van der Waals surface area contributed by atoms with Crippen LogP contribution in [0.1, 0.15) is 78.6 Å². The molecule has 0 aliphatic carbocycles. The molecule has 1 atom stereocenters. The van der Waals surface area contributed by atoms with Crippen LogP contribution in [0, 0.1) is 5.95 Å². The molecule has 0 saturated heterocycles. The van der Waals surface area contributed by atoms with Crippen molar-refractivity contribution >= 4 is 15.9 Å². The largest absolute Gasteiger partial charge is 0.490 e. The van der Waals surface area contributed by atoms with Gasteiger partial charge in [-0.15, -0.1) is 0 Å². The van der Waals surface area contributed by atoms with Crippen molar-refractivity contribution in [2.45, 2.75) is 84.1 Å². The zero-order valence-corrected chi connectivity index (χ0v) is 16.0. The van der Waals surface area contributed by atoms with E-state index in [0.29, 0.717) is 4.60 Å². The van der Waals surface area contributed by atoms with E-state index in [2.05, 4.69) is 41.8 Å². The summed E-state index contributed by atoms with van der Waals surface area (Å²) < 4.78 is 21.7. The first kappa shape index (κ1) is 19.5. The van der Waals surface area contributed by atoms with E-state index in [1.54, 1.807) is 0 Å². The standard InChI is InChI=1S/C17H30BrFN2O/c1-5-7-9-10-11-13-17(3,12-8-6-2)21-16(19)14(22-4)15(18)20-21/h5-13H2,1-4H3. The molecule has 0 aliphatic rings. The van der Waals surface area contributed by atoms with Gasteiger partial charge in [-0.2, -0.15) is 9.49 Å². The van der Waals surface area contributed by atoms with Gasteiger partial charge in [-0.25, -0.2) is 4.68 Å². The number of nitrogens with zero attached hydrogens (tertiary/aromatic N) is 2. The van der Waals surface area contributed by atoms with Gasteiger partial charge >= 0.3 is 0 Å². The van der Waals surface area contributed by atoms with Crippen LogP contribution in [0.25, 0.3) is 0 Å². The Balaban J connectivity index is 2.86. The highest BCUT2D eigenvalue weighted by molar-refractivity contribution is 9.10. The lowest BCUT2D eigenvalue weighted by Crippen LogP contribution is -2.32. The average Bonchev–Trinajstić information content (AvgIpc) is 2.80. The zero-order chi connectivity index (χ0) is 16.6. The van der Waals surface area contributed by atoms with Crippen molar-refractivity contribution < 1.29 is 9.13 Å². The average molecular weight is 377 g/mol. The fraction of sp³-hybridized carbons (Fsp3) is 0.824. The summed E-state index contributed by atoms with van der Waals surface area (Å²) in [6.07, 6.45) is 10.2. The molecular formula is C17H30BrFN2O. The third kappa shape index (κ3) is 4.97. The molecule has 3 nitrogen and oxygen atoms in total. The van der Waals surface area contributed by atoms with Crippen LogP contribution < -0.4 is 4.74 Å². The first-order valence-corrected chi connectivity index (χ1v) is 9.28. The fourth-order valence-corrected chi connectivity index (χ4v) is 3.37. The molecule has 1 unspecified atom stereocenters. The highest BCUT2D eigenvalue weighted by Gasteiger charge is 2.32. The van der Waals surface area contributed by atoms with Gasteiger partial charge in [0.1, 0.15) is 0 Å². The molecule has 0 saturated carbocycles. The molecule has 0 bridgehead atoms. The van der Waals surface area contributed by atoms with Crippen molar-refractivity contribution in [3.05, 3.63) is 10.6 Å². The number of methoxy groups -OCH3 is 1. The predicted molar refractivity (Wildman–Crippen MR) is 93.0 cm³/mol. The molecule has 0 N–H and O–H groups in total. The molecule has 1 aromatic rings. The predicted octanol–water partition coefficient (Wildman–Crippen LogP) is 6.06. The van der Waals surface area contributed by atoms with E-state index in [1.807, 2.05) is 0 Å². The van der Waals surface area contributed by atoms with Crippen LogP contribution in [0.2, 0.25) is 0 Å². The van der Waals surface area contributed by atoms with Gasteiger partial charge in [0.25, 0.3) is 5.95 Å². The normalized spacial score (nSPS) is 14.1. The van der Waals surface area contributed by atoms with Crippen molar-refractivity contribution in [2.75, 3.05) is 7.11 Å². The van der Waals surface area contributed by atoms with Gasteiger partial charge in [0, 0.05) is 0 Å². The summed E-state index contributed by atoms with van der Waals surface area (Å²) >= 11 is 3.29. The van der Waals surface area contributed by atoms with Crippen molar-refractivity contribution in [3.63, 3.8) is 0 Å². The van der Waals surface area contributed by atoms with Crippen molar-refractivity contribution in [1.82, 2.24) is 9.78 Å². The maximum atomic E-state index is 14.6. The van der Waals surface area contributed by atoms with Gasteiger partial charge in [0.2, 0.25) is 5.75 Å². The lowest BCUT2D eigenvalue weighted by Gasteiger charge is -2.30. The molecule has 0 radical (unpaired) electrons. The number of unbranched alkanes of at least 4 members (excludes halogenated alkanes) is 5. The number of aromatic nitrogens is 2. The Hall–Kier alpha value is -0.580. The summed E-state index contributed by atoms with van der Waals surface area (Å²) in [7, 11) is 1.48. The molecule has 22 heavy (non-hydrogen) atoms. The lowest BCUT2D eigenvalue weighted by molar-refractivity contribution is 0.196. The Morgan fingerprint density at radius 3 is 2.23 bits per heavy atom. The van der Waals surface area contributed by atoms with E-state index in [4.69, 9.17) is 4.74 Å². The zero-order valence-electron chi connectivity index (χ0n) is 14.4. The molecule has 0 aliphatic heterocycles. The van der Waals surface area contributed by atoms with Crippen LogP contribution in [-0.4, -0.2) is 16.9 Å². The molecule has 128 valence electrons. The summed E-state index contributed by atoms with van der Waals surface area (Å²) in [4.78, 5) is 0. The van der Waals surface area contributed by atoms with E-state index in [0.717, 1.165) is 32.1 Å². The topological polar surface area (TPSA) is 27.1 Å². The Kier molecular flexibility index (Phi) is 8.44. The summed E-state index contributed by atoms with van der Waals surface area (Å²) in [5, 5.41) is 4.35. The summed E-state index contributed by atoms with van der Waals surface area (Å²) in [6.45, 7) is 6.50.